The van der Waals surface area contributed by atoms with Crippen molar-refractivity contribution in [3.8, 4) is 0 Å². The van der Waals surface area contributed by atoms with E-state index in [1.54, 1.807) is 0 Å². The van der Waals surface area contributed by atoms with Gasteiger partial charge in [-0.15, -0.1) is 0 Å². The molecule has 1 unspecified atom stereocenters. The van der Waals surface area contributed by atoms with Crippen molar-refractivity contribution in [1.82, 2.24) is 15.5 Å². The van der Waals surface area contributed by atoms with E-state index in [1.165, 1.54) is 57.8 Å². The average Bonchev–Trinajstić information content (AvgIpc) is 3.00. The Morgan fingerprint density at radius 1 is 0.913 bits per heavy atom. The van der Waals surface area contributed by atoms with Crippen molar-refractivity contribution in [2.45, 2.75) is 69.1 Å². The molecule has 0 amide bonds. The van der Waals surface area contributed by atoms with Gasteiger partial charge in [0, 0.05) is 11.3 Å². The van der Waals surface area contributed by atoms with Crippen LogP contribution in [-0.4, -0.2) is 23.2 Å². The maximum Gasteiger partial charge on any atom is 0.230 e. The van der Waals surface area contributed by atoms with Gasteiger partial charge in [-0.1, -0.05) is 5.16 Å². The molecule has 0 radical (unpaired) electrons. The summed E-state index contributed by atoms with van der Waals surface area (Å²) in [6, 6.07) is 0. The van der Waals surface area contributed by atoms with Gasteiger partial charge in [0.1, 0.15) is 0 Å². The molecule has 1 aromatic heterocycles. The molecule has 1 atom stereocenters. The summed E-state index contributed by atoms with van der Waals surface area (Å²) < 4.78 is 5.82. The molecule has 4 nitrogen and oxygen atoms in total. The molecule has 1 spiro atoms. The Balaban J connectivity index is 1.28. The third-order valence-electron chi connectivity index (χ3n) is 8.04. The van der Waals surface area contributed by atoms with Crippen molar-refractivity contribution >= 4 is 0 Å². The molecule has 1 N–H and O–H groups in total. The molecule has 7 rings (SSSR count). The number of rotatable bonds is 2. The van der Waals surface area contributed by atoms with Gasteiger partial charge in [0.15, 0.2) is 5.82 Å². The highest BCUT2D eigenvalue weighted by Crippen LogP contribution is 2.65. The van der Waals surface area contributed by atoms with Crippen LogP contribution in [0.3, 0.4) is 0 Å². The Kier molecular flexibility index (Phi) is 2.55. The zero-order valence-corrected chi connectivity index (χ0v) is 13.9. The Hall–Kier alpha value is -0.900. The van der Waals surface area contributed by atoms with Gasteiger partial charge in [-0.3, -0.25) is 0 Å². The van der Waals surface area contributed by atoms with Gasteiger partial charge in [0.2, 0.25) is 5.89 Å². The molecule has 4 heteroatoms. The smallest absolute Gasteiger partial charge is 0.230 e. The molecule has 124 valence electrons. The SMILES string of the molecule is C1CC2(CCN1)CC2c1nc(C23CC4CC(CC(C4)C2)C3)no1. The van der Waals surface area contributed by atoms with Crippen LogP contribution in [0.25, 0.3) is 0 Å². The van der Waals surface area contributed by atoms with E-state index in [9.17, 15) is 0 Å². The number of hydrogen-bond acceptors (Lipinski definition) is 4. The lowest BCUT2D eigenvalue weighted by molar-refractivity contribution is -0.0103. The van der Waals surface area contributed by atoms with Crippen molar-refractivity contribution in [2.75, 3.05) is 13.1 Å². The minimum Gasteiger partial charge on any atom is -0.339 e. The zero-order chi connectivity index (χ0) is 15.1. The van der Waals surface area contributed by atoms with Crippen molar-refractivity contribution in [2.24, 2.45) is 23.2 Å². The van der Waals surface area contributed by atoms with Gasteiger partial charge in [-0.25, -0.2) is 0 Å². The number of aromatic nitrogens is 2. The van der Waals surface area contributed by atoms with Gasteiger partial charge in [-0.05, 0) is 94.0 Å². The third-order valence-corrected chi connectivity index (χ3v) is 8.04. The Labute approximate surface area is 137 Å². The van der Waals surface area contributed by atoms with Gasteiger partial charge in [0.25, 0.3) is 0 Å². The molecule has 5 aliphatic carbocycles. The molecule has 6 aliphatic rings. The zero-order valence-electron chi connectivity index (χ0n) is 13.9. The summed E-state index contributed by atoms with van der Waals surface area (Å²) in [7, 11) is 0. The van der Waals surface area contributed by atoms with Gasteiger partial charge in [-0.2, -0.15) is 4.98 Å². The first-order valence-electron chi connectivity index (χ1n) is 9.80. The Morgan fingerprint density at radius 2 is 1.57 bits per heavy atom. The number of hydrogen-bond donors (Lipinski definition) is 1. The lowest BCUT2D eigenvalue weighted by Crippen LogP contribution is -2.49. The topological polar surface area (TPSA) is 51.0 Å². The summed E-state index contributed by atoms with van der Waals surface area (Å²) >= 11 is 0. The molecule has 1 saturated heterocycles. The predicted molar refractivity (Wildman–Crippen MR) is 86.0 cm³/mol. The Morgan fingerprint density at radius 3 is 2.22 bits per heavy atom. The monoisotopic (exact) mass is 313 g/mol. The highest BCUT2D eigenvalue weighted by molar-refractivity contribution is 5.21. The van der Waals surface area contributed by atoms with Crippen LogP contribution in [0.2, 0.25) is 0 Å². The Bertz CT molecular complexity index is 595. The van der Waals surface area contributed by atoms with Crippen molar-refractivity contribution in [3.63, 3.8) is 0 Å². The summed E-state index contributed by atoms with van der Waals surface area (Å²) in [6.45, 7) is 2.32. The minimum absolute atomic E-state index is 0.284. The van der Waals surface area contributed by atoms with E-state index in [-0.39, 0.29) is 5.41 Å². The molecule has 1 aliphatic heterocycles. The molecule has 6 fully saturated rings. The molecular formula is C19H27N3O. The first-order valence-corrected chi connectivity index (χ1v) is 9.80. The van der Waals surface area contributed by atoms with E-state index in [2.05, 4.69) is 10.5 Å². The number of nitrogens with one attached hydrogen (secondary N) is 1. The van der Waals surface area contributed by atoms with Gasteiger partial charge >= 0.3 is 0 Å². The van der Waals surface area contributed by atoms with Crippen LogP contribution in [-0.2, 0) is 5.41 Å². The summed E-state index contributed by atoms with van der Waals surface area (Å²) in [5.74, 6) is 5.44. The van der Waals surface area contributed by atoms with Gasteiger partial charge in [0.05, 0.1) is 0 Å². The van der Waals surface area contributed by atoms with E-state index < -0.39 is 0 Å². The second-order valence-electron chi connectivity index (χ2n) is 9.52. The maximum atomic E-state index is 5.82. The second kappa shape index (κ2) is 4.38. The maximum absolute atomic E-state index is 5.82. The lowest BCUT2D eigenvalue weighted by atomic mass is 9.49. The molecule has 23 heavy (non-hydrogen) atoms. The summed E-state index contributed by atoms with van der Waals surface area (Å²) in [5, 5.41) is 8.02. The first kappa shape index (κ1) is 13.4. The fraction of sp³-hybridized carbons (Fsp3) is 0.895. The molecule has 2 heterocycles. The molecular weight excluding hydrogens is 286 g/mol. The average molecular weight is 313 g/mol. The van der Waals surface area contributed by atoms with Crippen molar-refractivity contribution < 1.29 is 4.52 Å². The van der Waals surface area contributed by atoms with Crippen molar-refractivity contribution in [3.05, 3.63) is 11.7 Å². The van der Waals surface area contributed by atoms with E-state index in [4.69, 9.17) is 9.51 Å². The first-order chi connectivity index (χ1) is 11.2. The van der Waals surface area contributed by atoms with E-state index >= 15 is 0 Å². The van der Waals surface area contributed by atoms with Crippen LogP contribution < -0.4 is 5.32 Å². The normalized spacial score (nSPS) is 46.4. The van der Waals surface area contributed by atoms with E-state index in [0.717, 1.165) is 42.6 Å². The molecule has 5 saturated carbocycles. The molecule has 1 aromatic rings. The third kappa shape index (κ3) is 1.87. The highest BCUT2D eigenvalue weighted by atomic mass is 16.5. The summed E-state index contributed by atoms with van der Waals surface area (Å²) in [4.78, 5) is 5.01. The van der Waals surface area contributed by atoms with Crippen LogP contribution in [0.4, 0.5) is 0 Å². The highest BCUT2D eigenvalue weighted by Gasteiger charge is 2.59. The predicted octanol–water partition coefficient (Wildman–Crippen LogP) is 3.39. The number of nitrogens with zero attached hydrogens (tertiary/aromatic N) is 2. The van der Waals surface area contributed by atoms with E-state index in [0.29, 0.717) is 11.3 Å². The van der Waals surface area contributed by atoms with Crippen LogP contribution in [0.15, 0.2) is 4.52 Å². The molecule has 0 aromatic carbocycles. The largest absolute Gasteiger partial charge is 0.339 e. The molecule has 4 bridgehead atoms. The summed E-state index contributed by atoms with van der Waals surface area (Å²) in [6.07, 6.45) is 12.3. The number of piperidine rings is 1. The minimum atomic E-state index is 0.284. The van der Waals surface area contributed by atoms with Crippen LogP contribution in [0, 0.1) is 23.2 Å². The van der Waals surface area contributed by atoms with Crippen molar-refractivity contribution in [1.29, 1.82) is 0 Å². The summed E-state index contributed by atoms with van der Waals surface area (Å²) in [5.41, 5.74) is 0.781. The van der Waals surface area contributed by atoms with Crippen LogP contribution in [0.1, 0.15) is 75.4 Å². The lowest BCUT2D eigenvalue weighted by Gasteiger charge is -2.55. The fourth-order valence-corrected chi connectivity index (χ4v) is 7.15. The quantitative estimate of drug-likeness (QED) is 0.909. The second-order valence-corrected chi connectivity index (χ2v) is 9.52. The van der Waals surface area contributed by atoms with Gasteiger partial charge < -0.3 is 9.84 Å². The standard InChI is InChI=1S/C19H27N3O/c1-3-20-4-2-18(1)11-15(18)16-21-17(22-23-16)19-8-12-5-13(9-19)7-14(6-12)10-19/h12-15,20H,1-11H2. The van der Waals surface area contributed by atoms with E-state index in [1.807, 2.05) is 0 Å². The fourth-order valence-electron chi connectivity index (χ4n) is 7.15. The van der Waals surface area contributed by atoms with Crippen LogP contribution >= 0.6 is 0 Å². The van der Waals surface area contributed by atoms with Crippen LogP contribution in [0.5, 0.6) is 0 Å².